The number of pyridine rings is 1. The van der Waals surface area contributed by atoms with Crippen LogP contribution in [0.3, 0.4) is 0 Å². The van der Waals surface area contributed by atoms with Crippen molar-refractivity contribution in [3.63, 3.8) is 0 Å². The van der Waals surface area contributed by atoms with E-state index in [-0.39, 0.29) is 24.2 Å². The van der Waals surface area contributed by atoms with Crippen LogP contribution < -0.4 is 16.2 Å². The number of fused-ring (bicyclic) bond motifs is 1. The van der Waals surface area contributed by atoms with E-state index in [1.54, 1.807) is 52.1 Å². The number of amides is 2. The Morgan fingerprint density at radius 1 is 1.19 bits per heavy atom. The molecule has 3 heterocycles. The molecule has 3 aromatic rings. The number of aliphatic hydroxyl groups excluding tert-OH is 1. The van der Waals surface area contributed by atoms with Crippen LogP contribution in [-0.2, 0) is 0 Å². The average molecular weight is 423 g/mol. The fourth-order valence-corrected chi connectivity index (χ4v) is 3.82. The van der Waals surface area contributed by atoms with Gasteiger partial charge >= 0.3 is 0 Å². The van der Waals surface area contributed by atoms with Gasteiger partial charge in [0.25, 0.3) is 11.8 Å². The molecule has 0 bridgehead atoms. The van der Waals surface area contributed by atoms with E-state index >= 15 is 0 Å². The molecule has 5 N–H and O–H groups in total. The number of rotatable bonds is 7. The van der Waals surface area contributed by atoms with E-state index in [1.165, 1.54) is 0 Å². The van der Waals surface area contributed by atoms with E-state index in [4.69, 9.17) is 16.2 Å². The van der Waals surface area contributed by atoms with Gasteiger partial charge in [-0.2, -0.15) is 0 Å². The van der Waals surface area contributed by atoms with Gasteiger partial charge in [-0.05, 0) is 49.4 Å². The monoisotopic (exact) mass is 423 g/mol. The Hall–Kier alpha value is -3.43. The summed E-state index contributed by atoms with van der Waals surface area (Å²) in [6.45, 7) is 1.52. The zero-order valence-corrected chi connectivity index (χ0v) is 17.0. The topological polar surface area (TPSA) is 137 Å². The van der Waals surface area contributed by atoms with Crippen molar-refractivity contribution in [2.75, 3.05) is 26.2 Å². The molecule has 2 amide bonds. The summed E-state index contributed by atoms with van der Waals surface area (Å²) in [5.74, 6) is -0.199. The van der Waals surface area contributed by atoms with Crippen molar-refractivity contribution < 1.29 is 19.4 Å². The predicted molar refractivity (Wildman–Crippen MR) is 115 cm³/mol. The van der Waals surface area contributed by atoms with Crippen molar-refractivity contribution >= 4 is 22.8 Å². The van der Waals surface area contributed by atoms with Gasteiger partial charge in [0.05, 0.1) is 18.8 Å². The average Bonchev–Trinajstić information content (AvgIpc) is 3.36. The fourth-order valence-electron chi connectivity index (χ4n) is 3.82. The van der Waals surface area contributed by atoms with Gasteiger partial charge in [0.1, 0.15) is 17.1 Å². The van der Waals surface area contributed by atoms with Gasteiger partial charge in [-0.3, -0.25) is 9.59 Å². The summed E-state index contributed by atoms with van der Waals surface area (Å²) >= 11 is 0. The van der Waals surface area contributed by atoms with Gasteiger partial charge in [0, 0.05) is 30.2 Å². The maximum atomic E-state index is 13.1. The second-order valence-electron chi connectivity index (χ2n) is 7.56. The van der Waals surface area contributed by atoms with Crippen LogP contribution in [0.1, 0.15) is 33.3 Å². The molecule has 0 radical (unpaired) electrons. The third kappa shape index (κ3) is 4.23. The van der Waals surface area contributed by atoms with E-state index in [0.717, 1.165) is 11.8 Å². The standard InChI is InChI=1S/C22H25N5O4/c23-8-2-10-31-16-4-1-3-15(11-16)22(30)26-12-18(19(28)13-26)27-9-7-14-5-6-17(20(24)29)25-21(14)27/h1,3-7,9,11,18-19,28H,2,8,10,12-13,23H2,(H2,24,29)/t18-,19-/m1/s1. The Kier molecular flexibility index (Phi) is 5.88. The summed E-state index contributed by atoms with van der Waals surface area (Å²) < 4.78 is 7.43. The molecule has 1 aliphatic heterocycles. The van der Waals surface area contributed by atoms with E-state index in [2.05, 4.69) is 4.98 Å². The molecular formula is C22H25N5O4. The van der Waals surface area contributed by atoms with Gasteiger partial charge in [0.15, 0.2) is 0 Å². The maximum absolute atomic E-state index is 13.1. The molecule has 4 rings (SSSR count). The van der Waals surface area contributed by atoms with Crippen LogP contribution in [0.5, 0.6) is 5.75 Å². The van der Waals surface area contributed by atoms with Crippen LogP contribution in [0.15, 0.2) is 48.7 Å². The number of nitrogens with zero attached hydrogens (tertiary/aromatic N) is 3. The molecule has 31 heavy (non-hydrogen) atoms. The number of aliphatic hydroxyl groups is 1. The number of likely N-dealkylation sites (tertiary alicyclic amines) is 1. The number of aromatic nitrogens is 2. The molecule has 0 saturated carbocycles. The first-order chi connectivity index (χ1) is 15.0. The van der Waals surface area contributed by atoms with Crippen LogP contribution in [-0.4, -0.2) is 63.7 Å². The number of nitrogens with two attached hydrogens (primary N) is 2. The smallest absolute Gasteiger partial charge is 0.267 e. The van der Waals surface area contributed by atoms with Crippen LogP contribution in [0.2, 0.25) is 0 Å². The highest BCUT2D eigenvalue weighted by Crippen LogP contribution is 2.28. The van der Waals surface area contributed by atoms with Crippen LogP contribution in [0.4, 0.5) is 0 Å². The number of β-amino-alcohol motifs (C(OH)–C–C–N with tert-alkyl or cyclic N) is 1. The first kappa shape index (κ1) is 20.8. The lowest BCUT2D eigenvalue weighted by molar-refractivity contribution is 0.0764. The quantitative estimate of drug-likeness (QED) is 0.484. The highest BCUT2D eigenvalue weighted by molar-refractivity contribution is 5.95. The number of benzene rings is 1. The van der Waals surface area contributed by atoms with Crippen molar-refractivity contribution in [2.45, 2.75) is 18.6 Å². The minimum atomic E-state index is -0.775. The third-order valence-corrected chi connectivity index (χ3v) is 5.42. The molecule has 162 valence electrons. The number of primary amides is 1. The van der Waals surface area contributed by atoms with Crippen molar-refractivity contribution in [1.29, 1.82) is 0 Å². The van der Waals surface area contributed by atoms with Crippen LogP contribution >= 0.6 is 0 Å². The normalized spacial score (nSPS) is 18.5. The first-order valence-corrected chi connectivity index (χ1v) is 10.2. The highest BCUT2D eigenvalue weighted by atomic mass is 16.5. The third-order valence-electron chi connectivity index (χ3n) is 5.42. The van der Waals surface area contributed by atoms with Crippen molar-refractivity contribution in [1.82, 2.24) is 14.5 Å². The highest BCUT2D eigenvalue weighted by Gasteiger charge is 2.36. The lowest BCUT2D eigenvalue weighted by Crippen LogP contribution is -2.29. The number of ether oxygens (including phenoxy) is 1. The Bertz CT molecular complexity index is 1110. The Morgan fingerprint density at radius 3 is 2.81 bits per heavy atom. The molecule has 2 aromatic heterocycles. The molecule has 1 aromatic carbocycles. The molecule has 1 fully saturated rings. The second kappa shape index (κ2) is 8.75. The van der Waals surface area contributed by atoms with E-state index < -0.39 is 12.0 Å². The number of hydrogen-bond acceptors (Lipinski definition) is 6. The minimum Gasteiger partial charge on any atom is -0.494 e. The lowest BCUT2D eigenvalue weighted by Gasteiger charge is -2.18. The zero-order valence-electron chi connectivity index (χ0n) is 17.0. The van der Waals surface area contributed by atoms with Gasteiger partial charge in [-0.25, -0.2) is 4.98 Å². The molecule has 9 heteroatoms. The molecule has 0 spiro atoms. The van der Waals surface area contributed by atoms with E-state index in [1.807, 2.05) is 6.07 Å². The molecule has 1 saturated heterocycles. The summed E-state index contributed by atoms with van der Waals surface area (Å²) in [4.78, 5) is 30.5. The van der Waals surface area contributed by atoms with Crippen LogP contribution in [0.25, 0.3) is 11.0 Å². The predicted octanol–water partition coefficient (Wildman–Crippen LogP) is 0.921. The molecule has 2 atom stereocenters. The summed E-state index contributed by atoms with van der Waals surface area (Å²) in [6, 6.07) is 11.8. The van der Waals surface area contributed by atoms with Gasteiger partial charge in [0.2, 0.25) is 0 Å². The summed E-state index contributed by atoms with van der Waals surface area (Å²) in [6.07, 6.45) is 1.76. The lowest BCUT2D eigenvalue weighted by atomic mass is 10.2. The fraction of sp³-hybridized carbons (Fsp3) is 0.318. The van der Waals surface area contributed by atoms with E-state index in [9.17, 15) is 14.7 Å². The molecule has 0 aliphatic carbocycles. The van der Waals surface area contributed by atoms with Crippen molar-refractivity contribution in [2.24, 2.45) is 11.5 Å². The Morgan fingerprint density at radius 2 is 2.03 bits per heavy atom. The summed E-state index contributed by atoms with van der Waals surface area (Å²) in [5, 5.41) is 11.5. The van der Waals surface area contributed by atoms with Gasteiger partial charge in [-0.1, -0.05) is 6.07 Å². The molecule has 0 unspecified atom stereocenters. The van der Waals surface area contributed by atoms with E-state index in [0.29, 0.717) is 36.7 Å². The molecule has 9 nitrogen and oxygen atoms in total. The molecular weight excluding hydrogens is 398 g/mol. The first-order valence-electron chi connectivity index (χ1n) is 10.2. The van der Waals surface area contributed by atoms with Crippen molar-refractivity contribution in [3.8, 4) is 5.75 Å². The summed E-state index contributed by atoms with van der Waals surface area (Å²) in [5.41, 5.74) is 12.0. The zero-order chi connectivity index (χ0) is 22.0. The largest absolute Gasteiger partial charge is 0.494 e. The van der Waals surface area contributed by atoms with Gasteiger partial charge < -0.3 is 30.8 Å². The molecule has 1 aliphatic rings. The number of carbonyl (C=O) groups is 2. The number of carbonyl (C=O) groups excluding carboxylic acids is 2. The maximum Gasteiger partial charge on any atom is 0.267 e. The van der Waals surface area contributed by atoms with Crippen molar-refractivity contribution in [3.05, 3.63) is 59.9 Å². The second-order valence-corrected chi connectivity index (χ2v) is 7.56. The Labute approximate surface area is 179 Å². The minimum absolute atomic E-state index is 0.152. The summed E-state index contributed by atoms with van der Waals surface area (Å²) in [7, 11) is 0. The van der Waals surface area contributed by atoms with Crippen LogP contribution in [0, 0.1) is 0 Å². The SMILES string of the molecule is NCCCOc1cccc(C(=O)N2C[C@@H](O)[C@H](n3ccc4ccc(C(N)=O)nc43)C2)c1. The number of hydrogen-bond donors (Lipinski definition) is 3. The van der Waals surface area contributed by atoms with Gasteiger partial charge in [-0.15, -0.1) is 0 Å². The Balaban J connectivity index is 1.53.